The topological polar surface area (TPSA) is 102 Å². The molecule has 1 aliphatic heterocycles. The number of anilines is 1. The lowest BCUT2D eigenvalue weighted by Crippen LogP contribution is -2.50. The number of non-ortho nitro benzene ring substituents is 1. The number of nitro benzene ring substituents is 1. The van der Waals surface area contributed by atoms with Crippen LogP contribution >= 0.6 is 0 Å². The second-order valence-electron chi connectivity index (χ2n) is 5.11. The molecule has 1 saturated heterocycles. The van der Waals surface area contributed by atoms with Crippen LogP contribution in [-0.4, -0.2) is 35.0 Å². The van der Waals surface area contributed by atoms with Gasteiger partial charge in [-0.15, -0.1) is 0 Å². The highest BCUT2D eigenvalue weighted by molar-refractivity contribution is 5.89. The maximum absolute atomic E-state index is 12.1. The summed E-state index contributed by atoms with van der Waals surface area (Å²) in [7, 11) is 0. The Morgan fingerprint density at radius 1 is 1.45 bits per heavy atom. The van der Waals surface area contributed by atoms with E-state index in [0.717, 1.165) is 6.42 Å². The van der Waals surface area contributed by atoms with E-state index in [-0.39, 0.29) is 17.8 Å². The van der Waals surface area contributed by atoms with Gasteiger partial charge in [-0.25, -0.2) is 4.79 Å². The van der Waals surface area contributed by atoms with Crippen molar-refractivity contribution in [3.05, 3.63) is 34.4 Å². The van der Waals surface area contributed by atoms with Gasteiger partial charge in [0, 0.05) is 37.0 Å². The van der Waals surface area contributed by atoms with Crippen molar-refractivity contribution in [2.24, 2.45) is 11.7 Å². The first-order valence-electron chi connectivity index (χ1n) is 6.53. The third-order valence-electron chi connectivity index (χ3n) is 3.63. The quantitative estimate of drug-likeness (QED) is 0.636. The average Bonchev–Trinajstić information content (AvgIpc) is 2.42. The molecule has 108 valence electrons. The first-order chi connectivity index (χ1) is 9.47. The van der Waals surface area contributed by atoms with E-state index in [1.54, 1.807) is 4.90 Å². The van der Waals surface area contributed by atoms with E-state index >= 15 is 0 Å². The first kappa shape index (κ1) is 14.3. The summed E-state index contributed by atoms with van der Waals surface area (Å²) in [6.45, 7) is 3.28. The fourth-order valence-electron chi connectivity index (χ4n) is 2.15. The Hall–Kier alpha value is -2.15. The van der Waals surface area contributed by atoms with E-state index in [9.17, 15) is 14.9 Å². The van der Waals surface area contributed by atoms with Crippen molar-refractivity contribution in [1.29, 1.82) is 0 Å². The number of nitro groups is 1. The number of rotatable bonds is 2. The number of piperidine rings is 1. The van der Waals surface area contributed by atoms with Gasteiger partial charge in [-0.1, -0.05) is 6.92 Å². The second-order valence-corrected chi connectivity index (χ2v) is 5.11. The van der Waals surface area contributed by atoms with Crippen molar-refractivity contribution >= 4 is 17.4 Å². The number of nitrogens with one attached hydrogen (secondary N) is 1. The van der Waals surface area contributed by atoms with Gasteiger partial charge in [-0.05, 0) is 24.5 Å². The lowest BCUT2D eigenvalue weighted by atomic mass is 9.94. The number of urea groups is 1. The predicted octanol–water partition coefficient (Wildman–Crippen LogP) is 1.80. The van der Waals surface area contributed by atoms with E-state index in [2.05, 4.69) is 12.2 Å². The van der Waals surface area contributed by atoms with Crippen molar-refractivity contribution < 1.29 is 9.72 Å². The maximum Gasteiger partial charge on any atom is 0.321 e. The molecule has 1 fully saturated rings. The molecule has 7 heteroatoms. The smallest absolute Gasteiger partial charge is 0.321 e. The van der Waals surface area contributed by atoms with Gasteiger partial charge in [0.2, 0.25) is 0 Å². The number of nitrogens with two attached hydrogens (primary N) is 1. The fourth-order valence-corrected chi connectivity index (χ4v) is 2.15. The molecule has 0 bridgehead atoms. The zero-order valence-corrected chi connectivity index (χ0v) is 11.3. The van der Waals surface area contributed by atoms with Crippen molar-refractivity contribution in [3.63, 3.8) is 0 Å². The molecule has 1 aromatic rings. The minimum absolute atomic E-state index is 0.00295. The maximum atomic E-state index is 12.1. The molecular formula is C13H18N4O3. The SMILES string of the molecule is CC1CCN(C(=O)Nc2ccc([N+](=O)[O-])cc2)CC1N. The normalized spacial score (nSPS) is 22.4. The fraction of sp³-hybridized carbons (Fsp3) is 0.462. The second kappa shape index (κ2) is 5.87. The summed E-state index contributed by atoms with van der Waals surface area (Å²) in [5.74, 6) is 0.415. The van der Waals surface area contributed by atoms with Gasteiger partial charge < -0.3 is 16.0 Å². The van der Waals surface area contributed by atoms with Gasteiger partial charge in [0.25, 0.3) is 5.69 Å². The zero-order chi connectivity index (χ0) is 14.7. The molecule has 2 unspecified atom stereocenters. The molecule has 3 N–H and O–H groups in total. The van der Waals surface area contributed by atoms with Crippen molar-refractivity contribution in [2.75, 3.05) is 18.4 Å². The minimum Gasteiger partial charge on any atom is -0.326 e. The third-order valence-corrected chi connectivity index (χ3v) is 3.63. The molecule has 1 aliphatic rings. The third kappa shape index (κ3) is 3.24. The Kier molecular flexibility index (Phi) is 4.19. The van der Waals surface area contributed by atoms with Gasteiger partial charge in [0.1, 0.15) is 0 Å². The average molecular weight is 278 g/mol. The number of amides is 2. The van der Waals surface area contributed by atoms with Crippen LogP contribution in [0.3, 0.4) is 0 Å². The Bertz CT molecular complexity index is 503. The molecule has 0 spiro atoms. The van der Waals surface area contributed by atoms with Crippen LogP contribution in [0.2, 0.25) is 0 Å². The lowest BCUT2D eigenvalue weighted by Gasteiger charge is -2.34. The number of carbonyl (C=O) groups is 1. The molecule has 0 aliphatic carbocycles. The van der Waals surface area contributed by atoms with E-state index in [1.165, 1.54) is 24.3 Å². The van der Waals surface area contributed by atoms with Crippen molar-refractivity contribution in [2.45, 2.75) is 19.4 Å². The number of hydrogen-bond acceptors (Lipinski definition) is 4. The summed E-state index contributed by atoms with van der Waals surface area (Å²) in [5.41, 5.74) is 6.49. The Morgan fingerprint density at radius 2 is 2.10 bits per heavy atom. The minimum atomic E-state index is -0.476. The highest BCUT2D eigenvalue weighted by atomic mass is 16.6. The summed E-state index contributed by atoms with van der Waals surface area (Å²) in [5, 5.41) is 13.3. The molecule has 0 radical (unpaired) electrons. The predicted molar refractivity (Wildman–Crippen MR) is 75.4 cm³/mol. The molecule has 2 amide bonds. The van der Waals surface area contributed by atoms with Gasteiger partial charge in [-0.3, -0.25) is 10.1 Å². The molecule has 20 heavy (non-hydrogen) atoms. The summed E-state index contributed by atoms with van der Waals surface area (Å²) in [6, 6.07) is 5.53. The van der Waals surface area contributed by atoms with Crippen LogP contribution in [0, 0.1) is 16.0 Å². The van der Waals surface area contributed by atoms with Gasteiger partial charge >= 0.3 is 6.03 Å². The van der Waals surface area contributed by atoms with Crippen molar-refractivity contribution in [1.82, 2.24) is 4.90 Å². The molecule has 1 aromatic carbocycles. The lowest BCUT2D eigenvalue weighted by molar-refractivity contribution is -0.384. The summed E-state index contributed by atoms with van der Waals surface area (Å²) in [6.07, 6.45) is 0.884. The zero-order valence-electron chi connectivity index (χ0n) is 11.3. The number of carbonyl (C=O) groups excluding carboxylic acids is 1. The molecule has 0 saturated carbocycles. The Balaban J connectivity index is 1.96. The highest BCUT2D eigenvalue weighted by Gasteiger charge is 2.26. The molecular weight excluding hydrogens is 260 g/mol. The summed E-state index contributed by atoms with van der Waals surface area (Å²) < 4.78 is 0. The van der Waals surface area contributed by atoms with Gasteiger partial charge in [-0.2, -0.15) is 0 Å². The standard InChI is InChI=1S/C13H18N4O3/c1-9-6-7-16(8-12(9)14)13(18)15-10-2-4-11(5-3-10)17(19)20/h2-5,9,12H,6-8,14H2,1H3,(H,15,18). The van der Waals surface area contributed by atoms with Crippen LogP contribution in [-0.2, 0) is 0 Å². The van der Waals surface area contributed by atoms with E-state index in [0.29, 0.717) is 24.7 Å². The number of likely N-dealkylation sites (tertiary alicyclic amines) is 1. The Morgan fingerprint density at radius 3 is 2.65 bits per heavy atom. The first-order valence-corrected chi connectivity index (χ1v) is 6.53. The van der Waals surface area contributed by atoms with Crippen LogP contribution in [0.15, 0.2) is 24.3 Å². The largest absolute Gasteiger partial charge is 0.326 e. The van der Waals surface area contributed by atoms with E-state index < -0.39 is 4.92 Å². The Labute approximate surface area is 116 Å². The summed E-state index contributed by atoms with van der Waals surface area (Å²) >= 11 is 0. The summed E-state index contributed by atoms with van der Waals surface area (Å²) in [4.78, 5) is 23.8. The number of hydrogen-bond donors (Lipinski definition) is 2. The molecule has 2 atom stereocenters. The molecule has 0 aromatic heterocycles. The monoisotopic (exact) mass is 278 g/mol. The highest BCUT2D eigenvalue weighted by Crippen LogP contribution is 2.18. The van der Waals surface area contributed by atoms with Crippen LogP contribution in [0.25, 0.3) is 0 Å². The number of nitrogens with zero attached hydrogens (tertiary/aromatic N) is 2. The van der Waals surface area contributed by atoms with Gasteiger partial charge in [0.15, 0.2) is 0 Å². The molecule has 1 heterocycles. The van der Waals surface area contributed by atoms with Crippen LogP contribution in [0.5, 0.6) is 0 Å². The van der Waals surface area contributed by atoms with Crippen molar-refractivity contribution in [3.8, 4) is 0 Å². The number of benzene rings is 1. The van der Waals surface area contributed by atoms with Crippen LogP contribution in [0.4, 0.5) is 16.2 Å². The van der Waals surface area contributed by atoms with Crippen LogP contribution < -0.4 is 11.1 Å². The van der Waals surface area contributed by atoms with Crippen LogP contribution in [0.1, 0.15) is 13.3 Å². The van der Waals surface area contributed by atoms with E-state index in [1.807, 2.05) is 0 Å². The van der Waals surface area contributed by atoms with Gasteiger partial charge in [0.05, 0.1) is 4.92 Å². The molecule has 2 rings (SSSR count). The van der Waals surface area contributed by atoms with E-state index in [4.69, 9.17) is 5.73 Å². The molecule has 7 nitrogen and oxygen atoms in total.